The number of carbonyl (C=O) groups excluding carboxylic acids is 1. The minimum absolute atomic E-state index is 0.374. The van der Waals surface area contributed by atoms with Crippen molar-refractivity contribution in [3.05, 3.63) is 74.9 Å². The molecule has 0 spiro atoms. The number of rotatable bonds is 1. The van der Waals surface area contributed by atoms with Crippen LogP contribution < -0.4 is 16.6 Å². The number of nitrogens with one attached hydrogen (secondary N) is 2. The zero-order valence-electron chi connectivity index (χ0n) is 11.4. The van der Waals surface area contributed by atoms with Gasteiger partial charge in [-0.3, -0.25) is 9.59 Å². The van der Waals surface area contributed by atoms with Crippen molar-refractivity contribution >= 4 is 22.5 Å². The normalized spacial score (nSPS) is 16.5. The molecule has 2 N–H and O–H groups in total. The predicted octanol–water partition coefficient (Wildman–Crippen LogP) is 1.23. The van der Waals surface area contributed by atoms with Crippen LogP contribution in [0.3, 0.4) is 0 Å². The third kappa shape index (κ3) is 1.64. The fourth-order valence-corrected chi connectivity index (χ4v) is 2.86. The van der Waals surface area contributed by atoms with Crippen LogP contribution in [0.1, 0.15) is 11.6 Å². The summed E-state index contributed by atoms with van der Waals surface area (Å²) in [6.45, 7) is 0. The molecule has 3 aromatic rings. The number of fused-ring (bicyclic) bond motifs is 2. The van der Waals surface area contributed by atoms with Gasteiger partial charge in [-0.2, -0.15) is 0 Å². The number of aromatic nitrogens is 2. The second kappa shape index (κ2) is 4.42. The lowest BCUT2D eigenvalue weighted by atomic mass is 10.1. The molecular weight excluding hydrogens is 282 g/mol. The van der Waals surface area contributed by atoms with Crippen LogP contribution in [0, 0.1) is 0 Å². The maximum absolute atomic E-state index is 12.7. The summed E-state index contributed by atoms with van der Waals surface area (Å²) in [6, 6.07) is 12.8. The molecule has 0 bridgehead atoms. The van der Waals surface area contributed by atoms with Crippen molar-refractivity contribution in [1.29, 1.82) is 0 Å². The van der Waals surface area contributed by atoms with Gasteiger partial charge >= 0.3 is 5.69 Å². The molecule has 4 rings (SSSR count). The Morgan fingerprint density at radius 3 is 2.50 bits per heavy atom. The van der Waals surface area contributed by atoms with Gasteiger partial charge in [0.1, 0.15) is 6.04 Å². The van der Waals surface area contributed by atoms with E-state index in [1.807, 2.05) is 0 Å². The lowest BCUT2D eigenvalue weighted by Crippen LogP contribution is -2.40. The molecule has 1 aliphatic rings. The van der Waals surface area contributed by atoms with Crippen LogP contribution in [-0.4, -0.2) is 15.5 Å². The lowest BCUT2D eigenvalue weighted by molar-refractivity contribution is -0.117. The first-order valence-corrected chi connectivity index (χ1v) is 6.80. The van der Waals surface area contributed by atoms with Crippen LogP contribution in [-0.2, 0) is 4.79 Å². The van der Waals surface area contributed by atoms with E-state index in [2.05, 4.69) is 10.3 Å². The number of hydrogen-bond acceptors (Lipinski definition) is 3. The summed E-state index contributed by atoms with van der Waals surface area (Å²) in [7, 11) is 0. The zero-order valence-corrected chi connectivity index (χ0v) is 11.4. The largest absolute Gasteiger partial charge is 0.329 e. The van der Waals surface area contributed by atoms with Gasteiger partial charge in [0, 0.05) is 11.3 Å². The van der Waals surface area contributed by atoms with Crippen LogP contribution in [0.2, 0.25) is 0 Å². The van der Waals surface area contributed by atoms with Gasteiger partial charge < -0.3 is 10.3 Å². The topological polar surface area (TPSA) is 84.0 Å². The van der Waals surface area contributed by atoms with Crippen LogP contribution in [0.5, 0.6) is 0 Å². The molecule has 2 heterocycles. The number of amides is 1. The fraction of sp³-hybridized carbons (Fsp3) is 0.0625. The second-order valence-corrected chi connectivity index (χ2v) is 5.13. The molecule has 1 aliphatic heterocycles. The van der Waals surface area contributed by atoms with Crippen molar-refractivity contribution in [2.24, 2.45) is 0 Å². The van der Waals surface area contributed by atoms with Gasteiger partial charge in [0.2, 0.25) is 0 Å². The van der Waals surface area contributed by atoms with Gasteiger partial charge in [-0.1, -0.05) is 30.3 Å². The molecule has 0 aliphatic carbocycles. The Morgan fingerprint density at radius 2 is 1.64 bits per heavy atom. The number of hydrogen-bond donors (Lipinski definition) is 2. The maximum atomic E-state index is 12.7. The van der Waals surface area contributed by atoms with E-state index < -0.39 is 17.3 Å². The Morgan fingerprint density at radius 1 is 0.909 bits per heavy atom. The third-order valence-corrected chi connectivity index (χ3v) is 3.86. The molecule has 6 nitrogen and oxygen atoms in total. The van der Waals surface area contributed by atoms with Crippen molar-refractivity contribution in [2.45, 2.75) is 6.04 Å². The van der Waals surface area contributed by atoms with Crippen LogP contribution in [0.4, 0.5) is 5.69 Å². The minimum Gasteiger partial charge on any atom is -0.324 e. The second-order valence-electron chi connectivity index (χ2n) is 5.13. The number of nitrogens with zero attached hydrogens (tertiary/aromatic N) is 1. The molecule has 1 aromatic heterocycles. The SMILES string of the molecule is O=C1Nc2ccccc2C1n1c(=O)[nH]c2ccccc2c1=O. The first-order chi connectivity index (χ1) is 10.7. The molecule has 0 saturated heterocycles. The van der Waals surface area contributed by atoms with Crippen LogP contribution >= 0.6 is 0 Å². The average Bonchev–Trinajstić information content (AvgIpc) is 2.84. The van der Waals surface area contributed by atoms with Gasteiger partial charge in [0.05, 0.1) is 10.9 Å². The molecule has 2 aromatic carbocycles. The number of benzene rings is 2. The molecule has 0 radical (unpaired) electrons. The smallest absolute Gasteiger partial charge is 0.324 e. The maximum Gasteiger partial charge on any atom is 0.329 e. The Labute approximate surface area is 124 Å². The highest BCUT2D eigenvalue weighted by Crippen LogP contribution is 2.31. The quantitative estimate of drug-likeness (QED) is 0.708. The van der Waals surface area contributed by atoms with Crippen molar-refractivity contribution in [1.82, 2.24) is 9.55 Å². The van der Waals surface area contributed by atoms with Crippen molar-refractivity contribution in [3.8, 4) is 0 Å². The number of H-pyrrole nitrogens is 1. The summed E-state index contributed by atoms with van der Waals surface area (Å²) in [5.74, 6) is -0.385. The summed E-state index contributed by atoms with van der Waals surface area (Å²) >= 11 is 0. The van der Waals surface area contributed by atoms with E-state index in [1.54, 1.807) is 48.5 Å². The lowest BCUT2D eigenvalue weighted by Gasteiger charge is -2.12. The van der Waals surface area contributed by atoms with E-state index in [1.165, 1.54) is 0 Å². The monoisotopic (exact) mass is 293 g/mol. The fourth-order valence-electron chi connectivity index (χ4n) is 2.86. The minimum atomic E-state index is -0.947. The molecule has 108 valence electrons. The Kier molecular flexibility index (Phi) is 2.53. The zero-order chi connectivity index (χ0) is 15.3. The van der Waals surface area contributed by atoms with Crippen LogP contribution in [0.15, 0.2) is 58.1 Å². The van der Waals surface area contributed by atoms with Gasteiger partial charge in [-0.25, -0.2) is 9.36 Å². The highest BCUT2D eigenvalue weighted by atomic mass is 16.2. The number of para-hydroxylation sites is 2. The summed E-state index contributed by atoms with van der Waals surface area (Å²) < 4.78 is 0.976. The van der Waals surface area contributed by atoms with E-state index in [0.717, 1.165) is 4.57 Å². The standard InChI is InChI=1S/C16H11N3O3/c20-14-13(9-5-1-3-7-11(9)17-14)19-15(21)10-6-2-4-8-12(10)18-16(19)22/h1-8,13H,(H,17,20)(H,18,22). The van der Waals surface area contributed by atoms with Gasteiger partial charge in [-0.15, -0.1) is 0 Å². The van der Waals surface area contributed by atoms with E-state index >= 15 is 0 Å². The molecule has 6 heteroatoms. The number of carbonyl (C=O) groups is 1. The highest BCUT2D eigenvalue weighted by molar-refractivity contribution is 6.02. The van der Waals surface area contributed by atoms with Crippen molar-refractivity contribution < 1.29 is 4.79 Å². The highest BCUT2D eigenvalue weighted by Gasteiger charge is 2.34. The molecular formula is C16H11N3O3. The summed E-state index contributed by atoms with van der Waals surface area (Å²) in [4.78, 5) is 39.9. The Hall–Kier alpha value is -3.15. The van der Waals surface area contributed by atoms with Gasteiger partial charge in [-0.05, 0) is 18.2 Å². The van der Waals surface area contributed by atoms with E-state index in [4.69, 9.17) is 0 Å². The first kappa shape index (κ1) is 12.6. The van der Waals surface area contributed by atoms with Gasteiger partial charge in [0.25, 0.3) is 11.5 Å². The third-order valence-electron chi connectivity index (χ3n) is 3.86. The summed E-state index contributed by atoms with van der Waals surface area (Å²) in [6.07, 6.45) is 0. The van der Waals surface area contributed by atoms with Crippen molar-refractivity contribution in [3.63, 3.8) is 0 Å². The van der Waals surface area contributed by atoms with E-state index in [9.17, 15) is 14.4 Å². The molecule has 0 fully saturated rings. The molecule has 1 atom stereocenters. The van der Waals surface area contributed by atoms with Crippen molar-refractivity contribution in [2.75, 3.05) is 5.32 Å². The predicted molar refractivity (Wildman–Crippen MR) is 82.0 cm³/mol. The van der Waals surface area contributed by atoms with Crippen LogP contribution in [0.25, 0.3) is 10.9 Å². The molecule has 22 heavy (non-hydrogen) atoms. The summed E-state index contributed by atoms with van der Waals surface area (Å²) in [5.41, 5.74) is 0.629. The molecule has 0 saturated carbocycles. The first-order valence-electron chi connectivity index (χ1n) is 6.80. The Bertz CT molecular complexity index is 1030. The van der Waals surface area contributed by atoms with E-state index in [0.29, 0.717) is 22.2 Å². The summed E-state index contributed by atoms with van der Waals surface area (Å²) in [5, 5.41) is 3.07. The Balaban J connectivity index is 2.05. The average molecular weight is 293 g/mol. The number of aromatic amines is 1. The van der Waals surface area contributed by atoms with E-state index in [-0.39, 0.29) is 5.91 Å². The molecule has 1 unspecified atom stereocenters. The number of anilines is 1. The molecule has 1 amide bonds. The van der Waals surface area contributed by atoms with Gasteiger partial charge in [0.15, 0.2) is 0 Å².